The van der Waals surface area contributed by atoms with Crippen molar-refractivity contribution >= 4 is 159 Å². The number of rotatable bonds is 15. The number of para-hydroxylation sites is 3. The lowest BCUT2D eigenvalue weighted by Gasteiger charge is -2.12. The highest BCUT2D eigenvalue weighted by Gasteiger charge is 2.26. The van der Waals surface area contributed by atoms with E-state index < -0.39 is 0 Å². The van der Waals surface area contributed by atoms with Gasteiger partial charge in [0.15, 0.2) is 29.1 Å². The van der Waals surface area contributed by atoms with E-state index in [4.69, 9.17) is 49.8 Å². The number of thiazole rings is 3. The maximum atomic E-state index is 5.35. The number of fused-ring (bicyclic) bond motifs is 12. The Kier molecular flexibility index (Phi) is 21.9. The molecule has 138 heavy (non-hydrogen) atoms. The van der Waals surface area contributed by atoms with Crippen molar-refractivity contribution in [3.05, 3.63) is 449 Å². The third kappa shape index (κ3) is 16.1. The van der Waals surface area contributed by atoms with E-state index in [1.54, 1.807) is 45.3 Å². The van der Waals surface area contributed by atoms with Gasteiger partial charge in [0, 0.05) is 127 Å². The van der Waals surface area contributed by atoms with Gasteiger partial charge < -0.3 is 0 Å². The van der Waals surface area contributed by atoms with Crippen molar-refractivity contribution in [3.8, 4) is 167 Å². The number of hydrogen-bond acceptors (Lipinski definition) is 16. The number of benzene rings is 18. The van der Waals surface area contributed by atoms with E-state index in [1.807, 2.05) is 108 Å². The van der Waals surface area contributed by atoms with Crippen LogP contribution < -0.4 is 0 Å². The Morgan fingerprint density at radius 3 is 0.674 bits per heavy atom. The van der Waals surface area contributed by atoms with Gasteiger partial charge in [-0.1, -0.05) is 352 Å². The summed E-state index contributed by atoms with van der Waals surface area (Å²) in [7, 11) is 0. The first kappa shape index (κ1) is 83.3. The number of thiophene rings is 3. The molecule has 0 saturated carbocycles. The molecule has 648 valence electrons. The lowest BCUT2D eigenvalue weighted by Crippen LogP contribution is -2.00. The molecule has 9 heterocycles. The molecule has 0 spiro atoms. The van der Waals surface area contributed by atoms with Gasteiger partial charge >= 0.3 is 0 Å². The number of aromatic nitrogens is 10. The summed E-state index contributed by atoms with van der Waals surface area (Å²) in [4.78, 5) is 51.3. The molecule has 0 aliphatic heterocycles. The van der Waals surface area contributed by atoms with Gasteiger partial charge in [0.2, 0.25) is 0 Å². The molecule has 27 aromatic rings. The minimum Gasteiger partial charge on any atom is -0.236 e. The molecule has 16 heteroatoms. The molecule has 0 N–H and O–H groups in total. The van der Waals surface area contributed by atoms with E-state index >= 15 is 0 Å². The largest absolute Gasteiger partial charge is 0.236 e. The van der Waals surface area contributed by atoms with Crippen molar-refractivity contribution in [3.63, 3.8) is 0 Å². The maximum Gasteiger partial charge on any atom is 0.164 e. The summed E-state index contributed by atoms with van der Waals surface area (Å²) in [5.41, 5.74) is 26.2. The van der Waals surface area contributed by atoms with Crippen molar-refractivity contribution < 1.29 is 0 Å². The van der Waals surface area contributed by atoms with Gasteiger partial charge in [-0.3, -0.25) is 0 Å². The minimum absolute atomic E-state index is 0.660. The van der Waals surface area contributed by atoms with Gasteiger partial charge in [-0.15, -0.1) is 68.0 Å². The molecular formula is C122H74N10S6. The molecule has 10 nitrogen and oxygen atoms in total. The van der Waals surface area contributed by atoms with Crippen LogP contribution in [0.5, 0.6) is 0 Å². The molecule has 9 aromatic heterocycles. The average molecular weight is 1870 g/mol. The fraction of sp³-hybridized carbons (Fsp3) is 0. The zero-order valence-corrected chi connectivity index (χ0v) is 78.5. The van der Waals surface area contributed by atoms with Crippen LogP contribution in [0.15, 0.2) is 449 Å². The van der Waals surface area contributed by atoms with Crippen molar-refractivity contribution in [2.45, 2.75) is 0 Å². The Balaban J connectivity index is 0.000000111. The smallest absolute Gasteiger partial charge is 0.164 e. The SMILES string of the molecule is c1ccc(-c2ccc(-c3cc(-c4cccc(-c5ccccc5)c4)nc(-c4cccc5sc6cccc(-c7nc8ccccc8s7)c6c45)n3)cc2)cc1.c1ccc(-c2cccc(-c3cc(-c4ccccc4)nc(-c4cccc5sc6cccc(-c7nc8ccccc8s7)c6c45)n3)c2)cc1.c1ccc(-c2nc(-c3ccccc3)nc(-c3cccc4sc5cccc(-c6nc7ccccc7s6)c5c34)n2)cc1. The second-order valence-electron chi connectivity index (χ2n) is 33.5. The molecule has 0 unspecified atom stereocenters. The van der Waals surface area contributed by atoms with E-state index in [-0.39, 0.29) is 0 Å². The van der Waals surface area contributed by atoms with Crippen LogP contribution in [0.25, 0.3) is 258 Å². The predicted octanol–water partition coefficient (Wildman–Crippen LogP) is 34.8. The fourth-order valence-corrected chi connectivity index (χ4v) is 24.8. The summed E-state index contributed by atoms with van der Waals surface area (Å²) in [6.45, 7) is 0. The quantitative estimate of drug-likeness (QED) is 0.0978. The Hall–Kier alpha value is -16.5. The molecule has 0 bridgehead atoms. The normalized spacial score (nSPS) is 11.5. The molecule has 18 aromatic carbocycles. The second kappa shape index (κ2) is 36.4. The van der Waals surface area contributed by atoms with Crippen LogP contribution in [0.3, 0.4) is 0 Å². The van der Waals surface area contributed by atoms with Gasteiger partial charge in [0.25, 0.3) is 0 Å². The first-order valence-corrected chi connectivity index (χ1v) is 50.3. The zero-order chi connectivity index (χ0) is 91.4. The van der Waals surface area contributed by atoms with Crippen LogP contribution in [-0.4, -0.2) is 49.8 Å². The molecule has 0 radical (unpaired) electrons. The van der Waals surface area contributed by atoms with E-state index in [2.05, 4.69) is 364 Å². The lowest BCUT2D eigenvalue weighted by atomic mass is 9.99. The number of hydrogen-bond donors (Lipinski definition) is 0. The van der Waals surface area contributed by atoms with Crippen molar-refractivity contribution in [2.24, 2.45) is 0 Å². The van der Waals surface area contributed by atoms with Gasteiger partial charge in [0.1, 0.15) is 15.0 Å². The van der Waals surface area contributed by atoms with Crippen LogP contribution >= 0.6 is 68.0 Å². The molecule has 27 rings (SSSR count). The molecule has 0 aliphatic rings. The average Bonchev–Trinajstić information content (AvgIpc) is 1.59. The molecule has 0 saturated heterocycles. The highest BCUT2D eigenvalue weighted by atomic mass is 32.1. The van der Waals surface area contributed by atoms with Crippen molar-refractivity contribution in [1.82, 2.24) is 49.8 Å². The van der Waals surface area contributed by atoms with Crippen LogP contribution in [-0.2, 0) is 0 Å². The molecular weight excluding hydrogens is 1800 g/mol. The lowest BCUT2D eigenvalue weighted by molar-refractivity contribution is 1.08. The summed E-state index contributed by atoms with van der Waals surface area (Å²) >= 11 is 10.6. The topological polar surface area (TPSA) is 129 Å². The van der Waals surface area contributed by atoms with E-state index in [1.165, 1.54) is 86.1 Å². The third-order valence-electron chi connectivity index (χ3n) is 24.9. The van der Waals surface area contributed by atoms with Crippen LogP contribution in [0.4, 0.5) is 0 Å². The highest BCUT2D eigenvalue weighted by Crippen LogP contribution is 2.51. The summed E-state index contributed by atoms with van der Waals surface area (Å²) in [5, 5.41) is 10.2. The molecule has 0 aliphatic carbocycles. The standard InChI is InChI=1S/C47H29N3S2.C41H25N3S2.C34H20N4S2/c1-3-12-30(13-4-1)32-24-26-33(27-25-32)39-29-40(35-17-9-16-34(28-35)31-14-5-2-6-15-31)49-46(48-39)36-18-10-22-42-44(36)45-37(19-11-23-43(45)51-42)47-50-38-20-7-8-21-41(38)52-47;1-3-12-26(13-4-1)28-16-9-17-29(24-28)34-25-33(27-14-5-2-6-15-27)42-40(43-34)30-18-10-22-36-38(30)39-31(19-11-23-37(39)45-36)41-44-32-20-7-8-21-35(32)46-41;1-3-11-21(12-4-1)31-36-32(22-13-5-2-6-14-22)38-33(37-31)23-15-9-19-27-29(23)30-24(16-10-20-28(30)39-27)34-35-25-17-7-8-18-26(25)40-34/h1-29H;1-25H;1-20H. The third-order valence-corrected chi connectivity index (χ3v) is 31.5. The van der Waals surface area contributed by atoms with Crippen LogP contribution in [0.2, 0.25) is 0 Å². The Bertz CT molecular complexity index is 9130. The highest BCUT2D eigenvalue weighted by molar-refractivity contribution is 7.27. The molecule has 0 fully saturated rings. The predicted molar refractivity (Wildman–Crippen MR) is 584 cm³/mol. The first-order chi connectivity index (χ1) is 68.3. The molecule has 0 atom stereocenters. The Labute approximate surface area is 818 Å². The zero-order valence-electron chi connectivity index (χ0n) is 73.6. The summed E-state index contributed by atoms with van der Waals surface area (Å²) in [6.07, 6.45) is 0. The van der Waals surface area contributed by atoms with E-state index in [0.717, 1.165) is 143 Å². The summed E-state index contributed by atoms with van der Waals surface area (Å²) in [5.74, 6) is 3.40. The Morgan fingerprint density at radius 2 is 0.341 bits per heavy atom. The van der Waals surface area contributed by atoms with Crippen LogP contribution in [0.1, 0.15) is 0 Å². The van der Waals surface area contributed by atoms with E-state index in [9.17, 15) is 0 Å². The summed E-state index contributed by atoms with van der Waals surface area (Å²) in [6, 6.07) is 156. The van der Waals surface area contributed by atoms with Crippen LogP contribution in [0, 0.1) is 0 Å². The first-order valence-electron chi connectivity index (χ1n) is 45.5. The monoisotopic (exact) mass is 1870 g/mol. The van der Waals surface area contributed by atoms with E-state index in [0.29, 0.717) is 29.1 Å². The molecule has 0 amide bonds. The van der Waals surface area contributed by atoms with Gasteiger partial charge in [-0.25, -0.2) is 49.8 Å². The minimum atomic E-state index is 0.660. The van der Waals surface area contributed by atoms with Gasteiger partial charge in [-0.05, 0) is 130 Å². The van der Waals surface area contributed by atoms with Crippen molar-refractivity contribution in [2.75, 3.05) is 0 Å². The second-order valence-corrected chi connectivity index (χ2v) is 39.8. The van der Waals surface area contributed by atoms with Gasteiger partial charge in [-0.2, -0.15) is 0 Å². The Morgan fingerprint density at radius 1 is 0.123 bits per heavy atom. The fourth-order valence-electron chi connectivity index (χ4n) is 18.4. The summed E-state index contributed by atoms with van der Waals surface area (Å²) < 4.78 is 10.9. The maximum absolute atomic E-state index is 5.35. The van der Waals surface area contributed by atoms with Gasteiger partial charge in [0.05, 0.1) is 53.4 Å². The number of nitrogens with zero attached hydrogens (tertiary/aromatic N) is 10. The van der Waals surface area contributed by atoms with Crippen molar-refractivity contribution in [1.29, 1.82) is 0 Å².